The van der Waals surface area contributed by atoms with Crippen molar-refractivity contribution < 1.29 is 9.53 Å². The number of hydrogen-bond donors (Lipinski definition) is 1. The van der Waals surface area contributed by atoms with Gasteiger partial charge in [-0.05, 0) is 61.1 Å². The molecule has 0 radical (unpaired) electrons. The largest absolute Gasteiger partial charge is 0.465 e. The first-order valence-electron chi connectivity index (χ1n) is 8.89. The van der Waals surface area contributed by atoms with E-state index in [0.29, 0.717) is 12.5 Å². The summed E-state index contributed by atoms with van der Waals surface area (Å²) < 4.78 is 6.84. The fourth-order valence-corrected chi connectivity index (χ4v) is 3.42. The van der Waals surface area contributed by atoms with Crippen molar-refractivity contribution in [2.45, 2.75) is 45.1 Å². The molecule has 1 aliphatic rings. The van der Waals surface area contributed by atoms with Crippen LogP contribution in [-0.4, -0.2) is 39.3 Å². The Morgan fingerprint density at radius 1 is 1.32 bits per heavy atom. The predicted molar refractivity (Wildman–Crippen MR) is 93.1 cm³/mol. The summed E-state index contributed by atoms with van der Waals surface area (Å²) in [6.07, 6.45) is 3.91. The first kappa shape index (κ1) is 17.5. The molecule has 0 aliphatic heterocycles. The average Bonchev–Trinajstić information content (AvgIpc) is 3.13. The molecule has 2 aromatic rings. The van der Waals surface area contributed by atoms with Crippen molar-refractivity contribution in [3.8, 4) is 5.69 Å². The highest BCUT2D eigenvalue weighted by atomic mass is 16.5. The van der Waals surface area contributed by atoms with Gasteiger partial charge in [0, 0.05) is 0 Å². The number of rotatable bonds is 6. The molecule has 1 aromatic heterocycles. The van der Waals surface area contributed by atoms with Crippen molar-refractivity contribution in [1.29, 1.82) is 0 Å². The molecule has 0 atom stereocenters. The predicted octanol–water partition coefficient (Wildman–Crippen LogP) is 2.22. The van der Waals surface area contributed by atoms with Crippen molar-refractivity contribution in [1.82, 2.24) is 25.5 Å². The van der Waals surface area contributed by atoms with E-state index in [2.05, 4.69) is 27.8 Å². The third-order valence-electron chi connectivity index (χ3n) is 4.90. The van der Waals surface area contributed by atoms with E-state index in [1.54, 1.807) is 4.68 Å². The molecule has 0 saturated heterocycles. The molecule has 1 saturated carbocycles. The molecule has 25 heavy (non-hydrogen) atoms. The average molecular weight is 343 g/mol. The Hall–Kier alpha value is -2.28. The Balaban J connectivity index is 1.90. The number of carbonyl (C=O) groups excluding carboxylic acids is 1. The van der Waals surface area contributed by atoms with Crippen molar-refractivity contribution in [3.63, 3.8) is 0 Å². The zero-order chi connectivity index (χ0) is 17.7. The lowest BCUT2D eigenvalue weighted by Gasteiger charge is -2.38. The fourth-order valence-electron chi connectivity index (χ4n) is 3.42. The van der Waals surface area contributed by atoms with Gasteiger partial charge in [0.05, 0.1) is 24.4 Å². The molecular weight excluding hydrogens is 318 g/mol. The summed E-state index contributed by atoms with van der Waals surface area (Å²) in [4.78, 5) is 11.9. The lowest BCUT2D eigenvalue weighted by molar-refractivity contribution is -0.142. The van der Waals surface area contributed by atoms with Crippen molar-refractivity contribution in [2.24, 2.45) is 5.92 Å². The van der Waals surface area contributed by atoms with Gasteiger partial charge in [-0.3, -0.25) is 10.1 Å². The first-order chi connectivity index (χ1) is 12.1. The Labute approximate surface area is 147 Å². The zero-order valence-corrected chi connectivity index (χ0v) is 14.8. The maximum atomic E-state index is 11.9. The fraction of sp³-hybridized carbons (Fsp3) is 0.556. The second kappa shape index (κ2) is 7.74. The molecule has 1 heterocycles. The first-order valence-corrected chi connectivity index (χ1v) is 8.89. The van der Waals surface area contributed by atoms with E-state index in [0.717, 1.165) is 37.2 Å². The van der Waals surface area contributed by atoms with Gasteiger partial charge in [-0.1, -0.05) is 25.1 Å². The maximum absolute atomic E-state index is 11.9. The summed E-state index contributed by atoms with van der Waals surface area (Å²) in [5, 5.41) is 15.8. The van der Waals surface area contributed by atoms with Gasteiger partial charge in [-0.15, -0.1) is 5.10 Å². The number of tetrazole rings is 1. The van der Waals surface area contributed by atoms with Crippen molar-refractivity contribution in [2.75, 3.05) is 13.2 Å². The third-order valence-corrected chi connectivity index (χ3v) is 4.90. The zero-order valence-electron chi connectivity index (χ0n) is 14.8. The topological polar surface area (TPSA) is 81.9 Å². The van der Waals surface area contributed by atoms with Gasteiger partial charge >= 0.3 is 5.97 Å². The SMILES string of the molecule is CCOC(=O)CNC1(c2nnnn2-c2ccccc2)CCC(C)CC1. The van der Waals surface area contributed by atoms with Crippen LogP contribution in [0.2, 0.25) is 0 Å². The molecule has 7 nitrogen and oxygen atoms in total. The molecule has 3 rings (SSSR count). The number of carbonyl (C=O) groups is 1. The molecular formula is C18H25N5O2. The van der Waals surface area contributed by atoms with E-state index >= 15 is 0 Å². The van der Waals surface area contributed by atoms with Crippen LogP contribution in [0.3, 0.4) is 0 Å². The number of nitrogens with one attached hydrogen (secondary N) is 1. The molecule has 134 valence electrons. The van der Waals surface area contributed by atoms with Gasteiger partial charge in [0.1, 0.15) is 0 Å². The summed E-state index contributed by atoms with van der Waals surface area (Å²) in [6, 6.07) is 9.84. The van der Waals surface area contributed by atoms with E-state index in [1.165, 1.54) is 0 Å². The maximum Gasteiger partial charge on any atom is 0.319 e. The summed E-state index contributed by atoms with van der Waals surface area (Å²) in [5.74, 6) is 1.17. The highest BCUT2D eigenvalue weighted by Gasteiger charge is 2.40. The number of para-hydroxylation sites is 1. The van der Waals surface area contributed by atoms with E-state index in [4.69, 9.17) is 4.74 Å². The third kappa shape index (κ3) is 3.87. The number of aromatic nitrogens is 4. The smallest absolute Gasteiger partial charge is 0.319 e. The van der Waals surface area contributed by atoms with Gasteiger partial charge in [-0.25, -0.2) is 0 Å². The minimum Gasteiger partial charge on any atom is -0.465 e. The molecule has 1 fully saturated rings. The number of esters is 1. The van der Waals surface area contributed by atoms with Crippen LogP contribution in [0, 0.1) is 5.92 Å². The van der Waals surface area contributed by atoms with Crippen LogP contribution in [0.5, 0.6) is 0 Å². The number of nitrogens with zero attached hydrogens (tertiary/aromatic N) is 4. The van der Waals surface area contributed by atoms with E-state index < -0.39 is 5.54 Å². The van der Waals surface area contributed by atoms with E-state index in [9.17, 15) is 4.79 Å². The molecule has 0 amide bonds. The normalized spacial score (nSPS) is 23.4. The second-order valence-corrected chi connectivity index (χ2v) is 6.67. The Morgan fingerprint density at radius 3 is 2.72 bits per heavy atom. The minimum absolute atomic E-state index is 0.157. The standard InChI is InChI=1S/C18H25N5O2/c1-3-25-16(24)13-19-18(11-9-14(2)10-12-18)17-20-21-22-23(17)15-7-5-4-6-8-15/h4-8,14,19H,3,9-13H2,1-2H3. The molecule has 1 aliphatic carbocycles. The monoisotopic (exact) mass is 343 g/mol. The van der Waals surface area contributed by atoms with Crippen LogP contribution >= 0.6 is 0 Å². The number of hydrogen-bond acceptors (Lipinski definition) is 6. The van der Waals surface area contributed by atoms with Gasteiger partial charge in [-0.2, -0.15) is 4.68 Å². The minimum atomic E-state index is -0.418. The van der Waals surface area contributed by atoms with Gasteiger partial charge in [0.2, 0.25) is 0 Å². The molecule has 7 heteroatoms. The summed E-state index contributed by atoms with van der Waals surface area (Å²) in [7, 11) is 0. The molecule has 0 spiro atoms. The van der Waals surface area contributed by atoms with Crippen LogP contribution < -0.4 is 5.32 Å². The lowest BCUT2D eigenvalue weighted by atomic mass is 9.76. The number of ether oxygens (including phenoxy) is 1. The van der Waals surface area contributed by atoms with Gasteiger partial charge < -0.3 is 4.74 Å². The highest BCUT2D eigenvalue weighted by molar-refractivity contribution is 5.71. The van der Waals surface area contributed by atoms with Gasteiger partial charge in [0.25, 0.3) is 0 Å². The molecule has 1 aromatic carbocycles. The van der Waals surface area contributed by atoms with E-state index in [1.807, 2.05) is 37.3 Å². The van der Waals surface area contributed by atoms with Crippen LogP contribution in [0.15, 0.2) is 30.3 Å². The number of benzene rings is 1. The van der Waals surface area contributed by atoms with Crippen molar-refractivity contribution >= 4 is 5.97 Å². The Kier molecular flexibility index (Phi) is 5.43. The Morgan fingerprint density at radius 2 is 2.04 bits per heavy atom. The van der Waals surface area contributed by atoms with Crippen LogP contribution in [0.1, 0.15) is 45.4 Å². The van der Waals surface area contributed by atoms with Crippen LogP contribution in [0.4, 0.5) is 0 Å². The quantitative estimate of drug-likeness (QED) is 0.810. The highest BCUT2D eigenvalue weighted by Crippen LogP contribution is 2.38. The lowest BCUT2D eigenvalue weighted by Crippen LogP contribution is -2.49. The molecule has 0 bridgehead atoms. The van der Waals surface area contributed by atoms with Crippen LogP contribution in [-0.2, 0) is 15.1 Å². The van der Waals surface area contributed by atoms with Crippen molar-refractivity contribution in [3.05, 3.63) is 36.2 Å². The summed E-state index contributed by atoms with van der Waals surface area (Å²) >= 11 is 0. The summed E-state index contributed by atoms with van der Waals surface area (Å²) in [5.41, 5.74) is 0.497. The van der Waals surface area contributed by atoms with Crippen LogP contribution in [0.25, 0.3) is 5.69 Å². The molecule has 1 N–H and O–H groups in total. The van der Waals surface area contributed by atoms with Gasteiger partial charge in [0.15, 0.2) is 5.82 Å². The second-order valence-electron chi connectivity index (χ2n) is 6.67. The molecule has 0 unspecified atom stereocenters. The van der Waals surface area contributed by atoms with E-state index in [-0.39, 0.29) is 12.5 Å². The summed E-state index contributed by atoms with van der Waals surface area (Å²) in [6.45, 7) is 4.61. The Bertz CT molecular complexity index is 693.